The van der Waals surface area contributed by atoms with E-state index in [0.29, 0.717) is 5.02 Å². The van der Waals surface area contributed by atoms with Crippen LogP contribution >= 0.6 is 23.2 Å². The summed E-state index contributed by atoms with van der Waals surface area (Å²) in [5, 5.41) is 11.0. The average Bonchev–Trinajstić information content (AvgIpc) is 3.70. The number of hydrogen-bond donors (Lipinski definition) is 1. The molecule has 13 nitrogen and oxygen atoms in total. The summed E-state index contributed by atoms with van der Waals surface area (Å²) in [6.45, 7) is 2.66. The first-order valence-electron chi connectivity index (χ1n) is 14.5. The van der Waals surface area contributed by atoms with Crippen molar-refractivity contribution in [2.75, 3.05) is 6.54 Å². The number of carbonyl (C=O) groups is 2. The highest BCUT2D eigenvalue weighted by molar-refractivity contribution is 6.32. The van der Waals surface area contributed by atoms with Crippen molar-refractivity contribution < 1.29 is 31.9 Å². The Bertz CT molecular complexity index is 1850. The van der Waals surface area contributed by atoms with Gasteiger partial charge in [-0.3, -0.25) is 14.3 Å². The van der Waals surface area contributed by atoms with Gasteiger partial charge in [0.05, 0.1) is 18.1 Å². The van der Waals surface area contributed by atoms with Crippen LogP contribution in [-0.4, -0.2) is 87.6 Å². The molecule has 3 atom stereocenters. The lowest BCUT2D eigenvalue weighted by atomic mass is 10.1. The number of carbonyl (C=O) groups excluding carboxylic acids is 2. The molecule has 1 aliphatic rings. The Morgan fingerprint density at radius 3 is 2.44 bits per heavy atom. The van der Waals surface area contributed by atoms with Crippen LogP contribution in [0.25, 0.3) is 17.2 Å². The molecule has 48 heavy (non-hydrogen) atoms. The number of likely N-dealkylation sites (tertiary alicyclic amines) is 1. The van der Waals surface area contributed by atoms with Crippen molar-refractivity contribution in [3.63, 3.8) is 0 Å². The van der Waals surface area contributed by atoms with Crippen molar-refractivity contribution in [1.82, 2.24) is 44.3 Å². The number of ether oxygens (including phenoxy) is 1. The molecule has 1 aromatic carbocycles. The molecule has 4 heterocycles. The predicted octanol–water partition coefficient (Wildman–Crippen LogP) is 4.44. The molecule has 1 fully saturated rings. The summed E-state index contributed by atoms with van der Waals surface area (Å²) in [7, 11) is 0. The van der Waals surface area contributed by atoms with E-state index in [1.807, 2.05) is 5.32 Å². The number of benzene rings is 1. The van der Waals surface area contributed by atoms with Crippen LogP contribution in [0.4, 0.5) is 22.4 Å². The third-order valence-electron chi connectivity index (χ3n) is 7.07. The Hall–Kier alpha value is -4.51. The van der Waals surface area contributed by atoms with Gasteiger partial charge in [-0.05, 0) is 57.2 Å². The van der Waals surface area contributed by atoms with Crippen molar-refractivity contribution in [2.45, 2.75) is 70.3 Å². The Balaban J connectivity index is 1.45. The van der Waals surface area contributed by atoms with Crippen LogP contribution in [-0.2, 0) is 22.6 Å². The maximum atomic E-state index is 14.5. The first-order valence-corrected chi connectivity index (χ1v) is 15.2. The Labute approximate surface area is 280 Å². The maximum absolute atomic E-state index is 14.5. The number of hydrogen-bond acceptors (Lipinski definition) is 8. The van der Waals surface area contributed by atoms with Crippen LogP contribution in [0.5, 0.6) is 0 Å². The van der Waals surface area contributed by atoms with E-state index in [2.05, 4.69) is 20.2 Å². The van der Waals surface area contributed by atoms with Crippen LogP contribution in [0.1, 0.15) is 33.0 Å². The molecule has 0 bridgehead atoms. The van der Waals surface area contributed by atoms with Crippen LogP contribution in [0.2, 0.25) is 10.0 Å². The largest absolute Gasteiger partial charge is 0.444 e. The monoisotopic (exact) mass is 713 g/mol. The number of pyridine rings is 1. The molecule has 0 radical (unpaired) electrons. The van der Waals surface area contributed by atoms with Crippen molar-refractivity contribution in [3.05, 3.63) is 75.3 Å². The second-order valence-corrected chi connectivity index (χ2v) is 12.7. The molecule has 3 aromatic heterocycles. The third kappa shape index (κ3) is 7.95. The van der Waals surface area contributed by atoms with Crippen LogP contribution < -0.4 is 11.0 Å². The van der Waals surface area contributed by atoms with Gasteiger partial charge in [0.15, 0.2) is 17.5 Å². The zero-order valence-corrected chi connectivity index (χ0v) is 27.2. The van der Waals surface area contributed by atoms with E-state index >= 15 is 0 Å². The van der Waals surface area contributed by atoms with Gasteiger partial charge in [-0.25, -0.2) is 33.3 Å². The number of halogens is 6. The van der Waals surface area contributed by atoms with E-state index in [4.69, 9.17) is 27.9 Å². The molecule has 256 valence electrons. The molecule has 0 aliphatic carbocycles. The summed E-state index contributed by atoms with van der Waals surface area (Å²) in [6.07, 6.45) is -5.54. The number of nitrogens with one attached hydrogen (secondary N) is 1. The maximum Gasteiger partial charge on any atom is 0.411 e. The highest BCUT2D eigenvalue weighted by atomic mass is 35.5. The lowest BCUT2D eigenvalue weighted by Crippen LogP contribution is -2.55. The first kappa shape index (κ1) is 34.8. The van der Waals surface area contributed by atoms with Gasteiger partial charge in [0.25, 0.3) is 0 Å². The second kappa shape index (κ2) is 13.5. The molecule has 1 unspecified atom stereocenters. The number of rotatable bonds is 8. The molecule has 0 saturated carbocycles. The lowest BCUT2D eigenvalue weighted by Gasteiger charge is -2.29. The van der Waals surface area contributed by atoms with E-state index in [1.165, 1.54) is 41.5 Å². The molecular weight excluding hydrogens is 685 g/mol. The molecule has 0 spiro atoms. The Morgan fingerprint density at radius 1 is 1.08 bits per heavy atom. The molecule has 19 heteroatoms. The zero-order chi connectivity index (χ0) is 35.0. The summed E-state index contributed by atoms with van der Waals surface area (Å²) in [5.74, 6) is -1.11. The first-order chi connectivity index (χ1) is 22.5. The Kier molecular flexibility index (Phi) is 9.82. The SMILES string of the molecule is CC(C)(C)OC(=O)N1C[C@@H](F)C[C@@H]1C(=O)NC(Cn1c(-c2ccc(Cl)cc2)nn(Cc2ncn(-c3ncccc3Cl)n2)c1=O)C(F)(F)F. The van der Waals surface area contributed by atoms with Gasteiger partial charge >= 0.3 is 18.0 Å². The minimum absolute atomic E-state index is 0.0658. The van der Waals surface area contributed by atoms with E-state index in [0.717, 1.165) is 14.1 Å². The van der Waals surface area contributed by atoms with Crippen molar-refractivity contribution in [2.24, 2.45) is 0 Å². The van der Waals surface area contributed by atoms with Crippen LogP contribution in [0, 0.1) is 0 Å². The van der Waals surface area contributed by atoms with Crippen LogP contribution in [0.15, 0.2) is 53.7 Å². The second-order valence-electron chi connectivity index (χ2n) is 11.9. The highest BCUT2D eigenvalue weighted by Crippen LogP contribution is 2.27. The summed E-state index contributed by atoms with van der Waals surface area (Å²) in [5.41, 5.74) is -1.73. The fourth-order valence-corrected chi connectivity index (χ4v) is 5.24. The van der Waals surface area contributed by atoms with Crippen molar-refractivity contribution in [1.29, 1.82) is 0 Å². The number of nitrogens with zero attached hydrogens (tertiary/aromatic N) is 8. The minimum Gasteiger partial charge on any atom is -0.444 e. The molecule has 2 amide bonds. The quantitative estimate of drug-likeness (QED) is 0.264. The fourth-order valence-electron chi connectivity index (χ4n) is 4.91. The van der Waals surface area contributed by atoms with E-state index in [-0.39, 0.29) is 34.6 Å². The molecular formula is C29H29Cl2F4N9O4. The summed E-state index contributed by atoms with van der Waals surface area (Å²) < 4.78 is 65.9. The number of aromatic nitrogens is 7. The van der Waals surface area contributed by atoms with Gasteiger partial charge in [0.2, 0.25) is 5.91 Å². The topological polar surface area (TPSA) is 142 Å². The van der Waals surface area contributed by atoms with Gasteiger partial charge in [-0.2, -0.15) is 13.2 Å². The van der Waals surface area contributed by atoms with Gasteiger partial charge in [0, 0.05) is 23.2 Å². The average molecular weight is 715 g/mol. The van der Waals surface area contributed by atoms with Crippen molar-refractivity contribution in [3.8, 4) is 17.2 Å². The summed E-state index contributed by atoms with van der Waals surface area (Å²) in [6, 6.07) is 4.83. The predicted molar refractivity (Wildman–Crippen MR) is 164 cm³/mol. The summed E-state index contributed by atoms with van der Waals surface area (Å²) >= 11 is 12.2. The van der Waals surface area contributed by atoms with Gasteiger partial charge in [-0.15, -0.1) is 10.2 Å². The molecule has 1 saturated heterocycles. The van der Waals surface area contributed by atoms with E-state index in [1.54, 1.807) is 32.9 Å². The number of alkyl halides is 4. The van der Waals surface area contributed by atoms with Gasteiger partial charge in [-0.1, -0.05) is 23.2 Å². The lowest BCUT2D eigenvalue weighted by molar-refractivity contribution is -0.165. The Morgan fingerprint density at radius 2 is 1.79 bits per heavy atom. The molecule has 1 N–H and O–H groups in total. The standard InChI is InChI=1S/C29H29Cl2F4N9O4/c1-28(2,3)48-27(47)41-12-18(32)11-20(41)25(45)38-21(29(33,34)35)13-42-23(16-6-8-17(30)9-7-16)40-43(26(42)46)14-22-37-15-44(39-22)24-19(31)5-4-10-36-24/h4-10,15,18,20-21H,11-14H2,1-3H3,(H,38,45)/t18-,20+,21?/m0/s1. The smallest absolute Gasteiger partial charge is 0.411 e. The highest BCUT2D eigenvalue weighted by Gasteiger charge is 2.47. The van der Waals surface area contributed by atoms with Crippen LogP contribution in [0.3, 0.4) is 0 Å². The number of amides is 2. The zero-order valence-electron chi connectivity index (χ0n) is 25.7. The molecule has 5 rings (SSSR count). The normalized spacial score (nSPS) is 17.4. The minimum atomic E-state index is -5.08. The van der Waals surface area contributed by atoms with Gasteiger partial charge < -0.3 is 10.1 Å². The third-order valence-corrected chi connectivity index (χ3v) is 7.62. The molecule has 1 aliphatic heterocycles. The van der Waals surface area contributed by atoms with E-state index < -0.39 is 67.2 Å². The van der Waals surface area contributed by atoms with Gasteiger partial charge in [0.1, 0.15) is 36.7 Å². The fraction of sp³-hybridized carbons (Fsp3) is 0.414. The summed E-state index contributed by atoms with van der Waals surface area (Å²) in [4.78, 5) is 48.5. The van der Waals surface area contributed by atoms with E-state index in [9.17, 15) is 31.9 Å². The molecule has 4 aromatic rings. The van der Waals surface area contributed by atoms with Crippen molar-refractivity contribution >= 4 is 35.2 Å².